The lowest BCUT2D eigenvalue weighted by Crippen LogP contribution is -2.28. The molecule has 0 spiro atoms. The highest BCUT2D eigenvalue weighted by molar-refractivity contribution is 7.89. The number of pyridine rings is 1. The van der Waals surface area contributed by atoms with Crippen LogP contribution in [0, 0.1) is 0 Å². The fourth-order valence-corrected chi connectivity index (χ4v) is 4.64. The van der Waals surface area contributed by atoms with Crippen molar-refractivity contribution >= 4 is 15.7 Å². The number of hydrogen-bond donors (Lipinski definition) is 1. The molecule has 0 fully saturated rings. The van der Waals surface area contributed by atoms with Crippen LogP contribution >= 0.6 is 0 Å². The minimum atomic E-state index is -3.62. The molecule has 0 saturated heterocycles. The SMILES string of the molecule is C[C@H](NS(=O)(=O)c1ccc2c(c1)CCCC2)c1nnc2ccccn12. The van der Waals surface area contributed by atoms with Crippen LogP contribution in [-0.4, -0.2) is 23.0 Å². The summed E-state index contributed by atoms with van der Waals surface area (Å²) in [5.74, 6) is 0.567. The molecule has 0 bridgehead atoms. The second kappa shape index (κ2) is 6.24. The van der Waals surface area contributed by atoms with Crippen LogP contribution in [0.15, 0.2) is 47.5 Å². The molecule has 0 amide bonds. The van der Waals surface area contributed by atoms with E-state index in [2.05, 4.69) is 14.9 Å². The predicted molar refractivity (Wildman–Crippen MR) is 94.8 cm³/mol. The molecule has 0 aliphatic heterocycles. The topological polar surface area (TPSA) is 76.4 Å². The third-order valence-corrected chi connectivity index (χ3v) is 6.23. The van der Waals surface area contributed by atoms with Crippen LogP contribution in [0.25, 0.3) is 5.65 Å². The number of aromatic nitrogens is 3. The molecule has 25 heavy (non-hydrogen) atoms. The summed E-state index contributed by atoms with van der Waals surface area (Å²) in [7, 11) is -3.62. The number of hydrogen-bond acceptors (Lipinski definition) is 4. The highest BCUT2D eigenvalue weighted by atomic mass is 32.2. The summed E-state index contributed by atoms with van der Waals surface area (Å²) in [6.07, 6.45) is 6.10. The summed E-state index contributed by atoms with van der Waals surface area (Å²) in [6.45, 7) is 1.78. The van der Waals surface area contributed by atoms with Gasteiger partial charge in [0.05, 0.1) is 10.9 Å². The molecule has 130 valence electrons. The van der Waals surface area contributed by atoms with Crippen LogP contribution in [0.5, 0.6) is 0 Å². The molecule has 2 heterocycles. The molecule has 0 saturated carbocycles. The van der Waals surface area contributed by atoms with Gasteiger partial charge in [-0.05, 0) is 68.0 Å². The van der Waals surface area contributed by atoms with E-state index in [0.717, 1.165) is 24.8 Å². The van der Waals surface area contributed by atoms with Crippen molar-refractivity contribution in [2.45, 2.75) is 43.5 Å². The van der Waals surface area contributed by atoms with Crippen LogP contribution < -0.4 is 4.72 Å². The zero-order chi connectivity index (χ0) is 17.4. The average molecular weight is 356 g/mol. The van der Waals surface area contributed by atoms with Crippen LogP contribution in [0.2, 0.25) is 0 Å². The van der Waals surface area contributed by atoms with Gasteiger partial charge in [0.2, 0.25) is 10.0 Å². The third kappa shape index (κ3) is 3.05. The van der Waals surface area contributed by atoms with Crippen molar-refractivity contribution in [3.8, 4) is 0 Å². The summed E-state index contributed by atoms with van der Waals surface area (Å²) < 4.78 is 30.1. The Kier molecular flexibility index (Phi) is 4.05. The summed E-state index contributed by atoms with van der Waals surface area (Å²) in [4.78, 5) is 0.314. The molecule has 1 aromatic carbocycles. The van der Waals surface area contributed by atoms with E-state index in [0.29, 0.717) is 16.4 Å². The van der Waals surface area contributed by atoms with Crippen molar-refractivity contribution in [1.29, 1.82) is 0 Å². The molecule has 1 N–H and O–H groups in total. The molecule has 3 aromatic rings. The maximum absolute atomic E-state index is 12.8. The van der Waals surface area contributed by atoms with Gasteiger partial charge in [0.25, 0.3) is 0 Å². The number of fused-ring (bicyclic) bond motifs is 2. The molecule has 0 radical (unpaired) electrons. The lowest BCUT2D eigenvalue weighted by Gasteiger charge is -2.18. The first-order chi connectivity index (χ1) is 12.0. The molecule has 6 nitrogen and oxygen atoms in total. The van der Waals surface area contributed by atoms with E-state index < -0.39 is 16.1 Å². The smallest absolute Gasteiger partial charge is 0.241 e. The van der Waals surface area contributed by atoms with Crippen LogP contribution in [0.1, 0.15) is 42.8 Å². The Morgan fingerprint density at radius 2 is 1.88 bits per heavy atom. The number of sulfonamides is 1. The quantitative estimate of drug-likeness (QED) is 0.780. The number of nitrogens with one attached hydrogen (secondary N) is 1. The average Bonchev–Trinajstić information content (AvgIpc) is 3.05. The van der Waals surface area contributed by atoms with Gasteiger partial charge >= 0.3 is 0 Å². The normalized spacial score (nSPS) is 15.9. The van der Waals surface area contributed by atoms with E-state index in [1.807, 2.05) is 36.5 Å². The van der Waals surface area contributed by atoms with Gasteiger partial charge in [-0.1, -0.05) is 12.1 Å². The first kappa shape index (κ1) is 16.2. The Labute approximate surface area is 147 Å². The van der Waals surface area contributed by atoms with Gasteiger partial charge in [-0.2, -0.15) is 0 Å². The largest absolute Gasteiger partial charge is 0.285 e. The first-order valence-corrected chi connectivity index (χ1v) is 9.97. The van der Waals surface area contributed by atoms with Gasteiger partial charge in [-0.25, -0.2) is 13.1 Å². The zero-order valence-corrected chi connectivity index (χ0v) is 14.8. The van der Waals surface area contributed by atoms with Crippen molar-refractivity contribution in [2.75, 3.05) is 0 Å². The summed E-state index contributed by atoms with van der Waals surface area (Å²) in [5.41, 5.74) is 3.11. The second-order valence-corrected chi connectivity index (χ2v) is 8.18. The molecular weight excluding hydrogens is 336 g/mol. The van der Waals surface area contributed by atoms with E-state index in [4.69, 9.17) is 0 Å². The molecule has 7 heteroatoms. The van der Waals surface area contributed by atoms with E-state index in [1.165, 1.54) is 12.0 Å². The van der Waals surface area contributed by atoms with Gasteiger partial charge in [-0.3, -0.25) is 4.40 Å². The Morgan fingerprint density at radius 3 is 2.72 bits per heavy atom. The van der Waals surface area contributed by atoms with E-state index >= 15 is 0 Å². The molecule has 1 atom stereocenters. The van der Waals surface area contributed by atoms with E-state index in [-0.39, 0.29) is 0 Å². The molecule has 1 aliphatic rings. The van der Waals surface area contributed by atoms with Crippen molar-refractivity contribution in [3.05, 3.63) is 59.5 Å². The van der Waals surface area contributed by atoms with Crippen molar-refractivity contribution < 1.29 is 8.42 Å². The van der Waals surface area contributed by atoms with Crippen molar-refractivity contribution in [1.82, 2.24) is 19.3 Å². The minimum absolute atomic E-state index is 0.314. The fourth-order valence-electron chi connectivity index (χ4n) is 3.39. The second-order valence-electron chi connectivity index (χ2n) is 6.47. The first-order valence-electron chi connectivity index (χ1n) is 8.48. The molecule has 4 rings (SSSR count). The maximum Gasteiger partial charge on any atom is 0.241 e. The fraction of sp³-hybridized carbons (Fsp3) is 0.333. The van der Waals surface area contributed by atoms with Crippen molar-refractivity contribution in [3.63, 3.8) is 0 Å². The summed E-state index contributed by atoms with van der Waals surface area (Å²) in [6, 6.07) is 10.5. The molecule has 2 aromatic heterocycles. The highest BCUT2D eigenvalue weighted by Crippen LogP contribution is 2.25. The summed E-state index contributed by atoms with van der Waals surface area (Å²) in [5, 5.41) is 8.21. The third-order valence-electron chi connectivity index (χ3n) is 4.69. The maximum atomic E-state index is 12.8. The van der Waals surface area contributed by atoms with Gasteiger partial charge in [0, 0.05) is 6.20 Å². The highest BCUT2D eigenvalue weighted by Gasteiger charge is 2.23. The van der Waals surface area contributed by atoms with Crippen LogP contribution in [-0.2, 0) is 22.9 Å². The minimum Gasteiger partial charge on any atom is -0.285 e. The van der Waals surface area contributed by atoms with E-state index in [9.17, 15) is 8.42 Å². The number of aryl methyl sites for hydroxylation is 2. The van der Waals surface area contributed by atoms with Gasteiger partial charge < -0.3 is 0 Å². The number of benzene rings is 1. The molecule has 0 unspecified atom stereocenters. The lowest BCUT2D eigenvalue weighted by atomic mass is 9.92. The number of rotatable bonds is 4. The monoisotopic (exact) mass is 356 g/mol. The Balaban J connectivity index is 1.62. The standard InChI is InChI=1S/C18H20N4O2S/c1-13(18-20-19-17-8-4-5-11-22(17)18)21-25(23,24)16-10-9-14-6-2-3-7-15(14)12-16/h4-5,8-13,21H,2-3,6-7H2,1H3/t13-/m0/s1. The number of nitrogens with zero attached hydrogens (tertiary/aromatic N) is 3. The predicted octanol–water partition coefficient (Wildman–Crippen LogP) is 2.65. The van der Waals surface area contributed by atoms with Crippen molar-refractivity contribution in [2.24, 2.45) is 0 Å². The van der Waals surface area contributed by atoms with Gasteiger partial charge in [-0.15, -0.1) is 10.2 Å². The van der Waals surface area contributed by atoms with Crippen LogP contribution in [0.4, 0.5) is 0 Å². The van der Waals surface area contributed by atoms with Crippen LogP contribution in [0.3, 0.4) is 0 Å². The molecular formula is C18H20N4O2S. The van der Waals surface area contributed by atoms with Gasteiger partial charge in [0.1, 0.15) is 0 Å². The Hall–Kier alpha value is -2.25. The zero-order valence-electron chi connectivity index (χ0n) is 14.0. The summed E-state index contributed by atoms with van der Waals surface area (Å²) >= 11 is 0. The van der Waals surface area contributed by atoms with Gasteiger partial charge in [0.15, 0.2) is 11.5 Å². The lowest BCUT2D eigenvalue weighted by molar-refractivity contribution is 0.558. The Morgan fingerprint density at radius 1 is 1.08 bits per heavy atom. The molecule has 1 aliphatic carbocycles. The van der Waals surface area contributed by atoms with E-state index in [1.54, 1.807) is 17.4 Å². The Bertz CT molecular complexity index is 1030.